The van der Waals surface area contributed by atoms with Gasteiger partial charge in [0, 0.05) is 16.3 Å². The van der Waals surface area contributed by atoms with Crippen LogP contribution < -0.4 is 10.1 Å². The van der Waals surface area contributed by atoms with Crippen LogP contribution in [0.3, 0.4) is 0 Å². The fourth-order valence-corrected chi connectivity index (χ4v) is 1.68. The topological polar surface area (TPSA) is 62.1 Å². The fourth-order valence-electron chi connectivity index (χ4n) is 1.55. The molecule has 2 aromatic carbocycles. The van der Waals surface area contributed by atoms with E-state index in [2.05, 4.69) is 5.32 Å². The van der Waals surface area contributed by atoms with Crippen LogP contribution >= 0.6 is 11.6 Å². The van der Waals surface area contributed by atoms with Gasteiger partial charge in [-0.15, -0.1) is 0 Å². The molecule has 100 valence electrons. The van der Waals surface area contributed by atoms with Gasteiger partial charge in [-0.1, -0.05) is 11.6 Å². The molecule has 4 nitrogen and oxygen atoms in total. The summed E-state index contributed by atoms with van der Waals surface area (Å²) in [6, 6.07) is 15.3. The number of amides is 1. The summed E-state index contributed by atoms with van der Waals surface area (Å²) >= 11 is 5.77. The third kappa shape index (κ3) is 3.74. The van der Waals surface area contributed by atoms with E-state index in [0.717, 1.165) is 0 Å². The van der Waals surface area contributed by atoms with Crippen LogP contribution in [0.25, 0.3) is 0 Å². The molecule has 0 spiro atoms. The van der Waals surface area contributed by atoms with E-state index in [-0.39, 0.29) is 12.5 Å². The number of nitrogens with zero attached hydrogens (tertiary/aromatic N) is 1. The number of nitrogens with one attached hydrogen (secondary N) is 1. The highest BCUT2D eigenvalue weighted by Gasteiger charge is 2.05. The Kier molecular flexibility index (Phi) is 4.59. The number of nitriles is 1. The summed E-state index contributed by atoms with van der Waals surface area (Å²) in [6.45, 7) is -0.00349. The Bertz CT molecular complexity index is 630. The molecule has 1 amide bonds. The van der Waals surface area contributed by atoms with Gasteiger partial charge in [-0.05, 0) is 48.5 Å². The van der Waals surface area contributed by atoms with Crippen LogP contribution in [0.5, 0.6) is 5.75 Å². The van der Waals surface area contributed by atoms with Crippen LogP contribution in [0.1, 0.15) is 10.4 Å². The first-order valence-electron chi connectivity index (χ1n) is 5.86. The standard InChI is InChI=1S/C15H11ClN2O2/c16-12-3-1-11(2-4-12)15(19)18-13-5-7-14(8-6-13)20-10-9-17/h1-8H,10H2,(H,18,19). The first-order chi connectivity index (χ1) is 9.69. The van der Waals surface area contributed by atoms with Crippen molar-refractivity contribution >= 4 is 23.2 Å². The molecule has 0 radical (unpaired) electrons. The van der Waals surface area contributed by atoms with Crippen molar-refractivity contribution in [1.29, 1.82) is 5.26 Å². The second-order valence-corrected chi connectivity index (χ2v) is 4.37. The van der Waals surface area contributed by atoms with Crippen LogP contribution in [-0.2, 0) is 0 Å². The van der Waals surface area contributed by atoms with Gasteiger partial charge in [0.25, 0.3) is 5.91 Å². The largest absolute Gasteiger partial charge is 0.479 e. The van der Waals surface area contributed by atoms with Gasteiger partial charge < -0.3 is 10.1 Å². The fraction of sp³-hybridized carbons (Fsp3) is 0.0667. The molecule has 0 saturated heterocycles. The molecule has 0 saturated carbocycles. The van der Waals surface area contributed by atoms with E-state index in [1.807, 2.05) is 6.07 Å². The summed E-state index contributed by atoms with van der Waals surface area (Å²) in [7, 11) is 0. The molecule has 0 atom stereocenters. The lowest BCUT2D eigenvalue weighted by molar-refractivity contribution is 0.102. The third-order valence-electron chi connectivity index (χ3n) is 2.52. The second-order valence-electron chi connectivity index (χ2n) is 3.93. The van der Waals surface area contributed by atoms with Gasteiger partial charge in [0.2, 0.25) is 0 Å². The normalized spacial score (nSPS) is 9.60. The summed E-state index contributed by atoms with van der Waals surface area (Å²) < 4.78 is 5.12. The van der Waals surface area contributed by atoms with Crippen molar-refractivity contribution in [3.8, 4) is 11.8 Å². The number of carbonyl (C=O) groups is 1. The maximum Gasteiger partial charge on any atom is 0.255 e. The van der Waals surface area contributed by atoms with Gasteiger partial charge in [-0.2, -0.15) is 5.26 Å². The zero-order chi connectivity index (χ0) is 14.4. The highest BCUT2D eigenvalue weighted by Crippen LogP contribution is 2.17. The Morgan fingerprint density at radius 2 is 1.80 bits per heavy atom. The molecule has 0 heterocycles. The van der Waals surface area contributed by atoms with Crippen LogP contribution in [-0.4, -0.2) is 12.5 Å². The zero-order valence-corrected chi connectivity index (χ0v) is 11.2. The molecule has 1 N–H and O–H groups in total. The Hall–Kier alpha value is -2.51. The number of benzene rings is 2. The average molecular weight is 287 g/mol. The number of anilines is 1. The summed E-state index contributed by atoms with van der Waals surface area (Å²) in [5.74, 6) is 0.364. The van der Waals surface area contributed by atoms with Crippen LogP contribution in [0.15, 0.2) is 48.5 Å². The Labute approximate surface area is 121 Å². The lowest BCUT2D eigenvalue weighted by Gasteiger charge is -2.06. The minimum atomic E-state index is -0.215. The smallest absolute Gasteiger partial charge is 0.255 e. The molecule has 2 rings (SSSR count). The molecule has 0 aliphatic heterocycles. The molecule has 2 aromatic rings. The quantitative estimate of drug-likeness (QED) is 0.936. The Morgan fingerprint density at radius 3 is 2.40 bits per heavy atom. The molecule has 0 unspecified atom stereocenters. The molecule has 20 heavy (non-hydrogen) atoms. The van der Waals surface area contributed by atoms with Crippen LogP contribution in [0, 0.1) is 11.3 Å². The SMILES string of the molecule is N#CCOc1ccc(NC(=O)c2ccc(Cl)cc2)cc1. The first kappa shape index (κ1) is 13.9. The van der Waals surface area contributed by atoms with Crippen molar-refractivity contribution in [2.24, 2.45) is 0 Å². The van der Waals surface area contributed by atoms with E-state index < -0.39 is 0 Å². The van der Waals surface area contributed by atoms with Crippen molar-refractivity contribution in [3.63, 3.8) is 0 Å². The molecule has 0 fully saturated rings. The molecule has 0 aliphatic carbocycles. The minimum Gasteiger partial charge on any atom is -0.479 e. The lowest BCUT2D eigenvalue weighted by Crippen LogP contribution is -2.11. The van der Waals surface area contributed by atoms with E-state index in [4.69, 9.17) is 21.6 Å². The van der Waals surface area contributed by atoms with Gasteiger partial charge in [0.15, 0.2) is 6.61 Å². The Morgan fingerprint density at radius 1 is 1.15 bits per heavy atom. The van der Waals surface area contributed by atoms with Crippen molar-refractivity contribution < 1.29 is 9.53 Å². The molecular formula is C15H11ClN2O2. The molecular weight excluding hydrogens is 276 g/mol. The summed E-state index contributed by atoms with van der Waals surface area (Å²) in [6.07, 6.45) is 0. The van der Waals surface area contributed by atoms with Crippen molar-refractivity contribution in [3.05, 3.63) is 59.1 Å². The lowest BCUT2D eigenvalue weighted by atomic mass is 10.2. The maximum atomic E-state index is 12.0. The van der Waals surface area contributed by atoms with E-state index in [9.17, 15) is 4.79 Å². The molecule has 0 bridgehead atoms. The maximum absolute atomic E-state index is 12.0. The Balaban J connectivity index is 2.01. The number of carbonyl (C=O) groups excluding carboxylic acids is 1. The summed E-state index contributed by atoms with van der Waals surface area (Å²) in [4.78, 5) is 12.0. The van der Waals surface area contributed by atoms with E-state index in [0.29, 0.717) is 22.0 Å². The third-order valence-corrected chi connectivity index (χ3v) is 2.77. The van der Waals surface area contributed by atoms with Crippen molar-refractivity contribution in [1.82, 2.24) is 0 Å². The van der Waals surface area contributed by atoms with Gasteiger partial charge in [-0.3, -0.25) is 4.79 Å². The highest BCUT2D eigenvalue weighted by atomic mass is 35.5. The first-order valence-corrected chi connectivity index (χ1v) is 6.23. The molecule has 0 aromatic heterocycles. The average Bonchev–Trinajstić information content (AvgIpc) is 2.47. The van der Waals surface area contributed by atoms with Gasteiger partial charge in [-0.25, -0.2) is 0 Å². The van der Waals surface area contributed by atoms with Crippen molar-refractivity contribution in [2.75, 3.05) is 11.9 Å². The second kappa shape index (κ2) is 6.60. The van der Waals surface area contributed by atoms with Crippen LogP contribution in [0.2, 0.25) is 5.02 Å². The van der Waals surface area contributed by atoms with E-state index in [1.54, 1.807) is 48.5 Å². The number of ether oxygens (including phenoxy) is 1. The predicted octanol–water partition coefficient (Wildman–Crippen LogP) is 3.49. The van der Waals surface area contributed by atoms with E-state index in [1.165, 1.54) is 0 Å². The van der Waals surface area contributed by atoms with Gasteiger partial charge >= 0.3 is 0 Å². The zero-order valence-electron chi connectivity index (χ0n) is 10.5. The monoisotopic (exact) mass is 286 g/mol. The predicted molar refractivity (Wildman–Crippen MR) is 77.0 cm³/mol. The van der Waals surface area contributed by atoms with Crippen LogP contribution in [0.4, 0.5) is 5.69 Å². The number of rotatable bonds is 4. The summed E-state index contributed by atoms with van der Waals surface area (Å²) in [5.41, 5.74) is 1.17. The number of hydrogen-bond acceptors (Lipinski definition) is 3. The minimum absolute atomic E-state index is 0.00349. The van der Waals surface area contributed by atoms with Gasteiger partial charge in [0.1, 0.15) is 11.8 Å². The molecule has 5 heteroatoms. The highest BCUT2D eigenvalue weighted by molar-refractivity contribution is 6.30. The molecule has 0 aliphatic rings. The van der Waals surface area contributed by atoms with Gasteiger partial charge in [0.05, 0.1) is 0 Å². The van der Waals surface area contributed by atoms with Crippen molar-refractivity contribution in [2.45, 2.75) is 0 Å². The van der Waals surface area contributed by atoms with E-state index >= 15 is 0 Å². The summed E-state index contributed by atoms with van der Waals surface area (Å²) in [5, 5.41) is 11.7. The number of halogens is 1. The number of hydrogen-bond donors (Lipinski definition) is 1.